The van der Waals surface area contributed by atoms with Gasteiger partial charge in [0.25, 0.3) is 0 Å². The van der Waals surface area contributed by atoms with Crippen molar-refractivity contribution in [1.29, 1.82) is 0 Å². The second kappa shape index (κ2) is 5.49. The number of halogens is 1. The summed E-state index contributed by atoms with van der Waals surface area (Å²) in [6.45, 7) is 3.49. The minimum atomic E-state index is -0.206. The average molecular weight is 411 g/mol. The summed E-state index contributed by atoms with van der Waals surface area (Å²) in [6, 6.07) is 9.75. The van der Waals surface area contributed by atoms with Crippen molar-refractivity contribution >= 4 is 37.9 Å². The van der Waals surface area contributed by atoms with E-state index in [2.05, 4.69) is 37.8 Å². The van der Waals surface area contributed by atoms with Gasteiger partial charge in [-0.25, -0.2) is 4.79 Å². The molecule has 0 radical (unpaired) electrons. The summed E-state index contributed by atoms with van der Waals surface area (Å²) in [5, 5.41) is 0.902. The molecule has 0 aliphatic carbocycles. The summed E-state index contributed by atoms with van der Waals surface area (Å²) >= 11 is 3.50. The molecule has 130 valence electrons. The highest BCUT2D eigenvalue weighted by atomic mass is 79.9. The number of pyridine rings is 2. The van der Waals surface area contributed by atoms with Crippen LogP contribution in [-0.4, -0.2) is 32.7 Å². The number of imidazole rings is 1. The van der Waals surface area contributed by atoms with Crippen LogP contribution in [0.2, 0.25) is 0 Å². The summed E-state index contributed by atoms with van der Waals surface area (Å²) in [6.07, 6.45) is 3.44. The van der Waals surface area contributed by atoms with Crippen LogP contribution >= 0.6 is 15.9 Å². The molecule has 26 heavy (non-hydrogen) atoms. The van der Waals surface area contributed by atoms with Crippen LogP contribution in [0.4, 0.5) is 0 Å². The van der Waals surface area contributed by atoms with Crippen LogP contribution in [0.3, 0.4) is 0 Å². The molecule has 0 unspecified atom stereocenters. The second-order valence-electron chi connectivity index (χ2n) is 6.90. The molecule has 1 N–H and O–H groups in total. The molecule has 0 amide bonds. The van der Waals surface area contributed by atoms with Crippen molar-refractivity contribution in [2.24, 2.45) is 0 Å². The topological polar surface area (TPSA) is 72.8 Å². The lowest BCUT2D eigenvalue weighted by Crippen LogP contribution is -2.44. The maximum Gasteiger partial charge on any atom is 0.331 e. The highest BCUT2D eigenvalue weighted by molar-refractivity contribution is 9.10. The Morgan fingerprint density at radius 1 is 1.19 bits per heavy atom. The average Bonchev–Trinajstić information content (AvgIpc) is 2.96. The first-order valence-corrected chi connectivity index (χ1v) is 9.08. The summed E-state index contributed by atoms with van der Waals surface area (Å²) in [5.74, 6) is 0. The molecular formula is C19H15BrN4O2. The number of benzene rings is 1. The lowest BCUT2D eigenvalue weighted by Gasteiger charge is -2.37. The Morgan fingerprint density at radius 3 is 2.73 bits per heavy atom. The number of hydrogen-bond donors (Lipinski definition) is 1. The smallest absolute Gasteiger partial charge is 0.331 e. The number of hydrogen-bond acceptors (Lipinski definition) is 4. The number of nitrogens with zero attached hydrogens (tertiary/aromatic N) is 3. The van der Waals surface area contributed by atoms with Crippen LogP contribution in [-0.2, 0) is 10.2 Å². The summed E-state index contributed by atoms with van der Waals surface area (Å²) in [5.41, 5.74) is 3.79. The van der Waals surface area contributed by atoms with Gasteiger partial charge < -0.3 is 9.72 Å². The van der Waals surface area contributed by atoms with E-state index >= 15 is 0 Å². The van der Waals surface area contributed by atoms with E-state index in [4.69, 9.17) is 4.74 Å². The fourth-order valence-electron chi connectivity index (χ4n) is 3.43. The van der Waals surface area contributed by atoms with Crippen molar-refractivity contribution in [3.8, 4) is 5.69 Å². The van der Waals surface area contributed by atoms with Crippen molar-refractivity contribution in [2.75, 3.05) is 13.2 Å². The van der Waals surface area contributed by atoms with E-state index < -0.39 is 0 Å². The number of nitrogens with one attached hydrogen (secondary N) is 1. The molecule has 6 nitrogen and oxygen atoms in total. The number of fused-ring (bicyclic) bond motifs is 3. The van der Waals surface area contributed by atoms with Gasteiger partial charge in [-0.05, 0) is 37.3 Å². The summed E-state index contributed by atoms with van der Waals surface area (Å²) < 4.78 is 7.91. The summed E-state index contributed by atoms with van der Waals surface area (Å²) in [4.78, 5) is 24.5. The molecule has 7 heteroatoms. The van der Waals surface area contributed by atoms with Gasteiger partial charge in [-0.1, -0.05) is 15.9 Å². The predicted octanol–water partition coefficient (Wildman–Crippen LogP) is 3.31. The first-order valence-electron chi connectivity index (χ1n) is 8.29. The molecule has 0 spiro atoms. The maximum absolute atomic E-state index is 12.6. The standard InChI is InChI=1S/C19H15BrN4O2/c1-19(9-26-10-19)16-5-3-12(7-22-16)24-17-13-6-11(20)2-4-14(13)21-8-15(17)23-18(24)25/h2-8H,9-10H2,1H3,(H,23,25). The number of aromatic amines is 1. The summed E-state index contributed by atoms with van der Waals surface area (Å²) in [7, 11) is 0. The highest BCUT2D eigenvalue weighted by Crippen LogP contribution is 2.31. The van der Waals surface area contributed by atoms with Gasteiger partial charge in [0.05, 0.1) is 59.0 Å². The Bertz CT molecular complexity index is 1210. The van der Waals surface area contributed by atoms with E-state index in [1.807, 2.05) is 30.3 Å². The minimum absolute atomic E-state index is 0.0365. The minimum Gasteiger partial charge on any atom is -0.379 e. The first-order chi connectivity index (χ1) is 12.5. The van der Waals surface area contributed by atoms with Crippen LogP contribution in [0, 0.1) is 0 Å². The highest BCUT2D eigenvalue weighted by Gasteiger charge is 2.36. The van der Waals surface area contributed by atoms with Gasteiger partial charge in [0.1, 0.15) is 0 Å². The van der Waals surface area contributed by atoms with Crippen LogP contribution in [0.5, 0.6) is 0 Å². The quantitative estimate of drug-likeness (QED) is 0.550. The normalized spacial score (nSPS) is 16.1. The number of aromatic nitrogens is 4. The van der Waals surface area contributed by atoms with E-state index in [1.165, 1.54) is 0 Å². The fourth-order valence-corrected chi connectivity index (χ4v) is 3.79. The van der Waals surface area contributed by atoms with Gasteiger partial charge in [0.15, 0.2) is 0 Å². The molecule has 1 aliphatic rings. The first kappa shape index (κ1) is 15.7. The molecule has 0 bridgehead atoms. The van der Waals surface area contributed by atoms with E-state index in [-0.39, 0.29) is 11.1 Å². The maximum atomic E-state index is 12.6. The van der Waals surface area contributed by atoms with Crippen LogP contribution in [0.15, 0.2) is 52.0 Å². The van der Waals surface area contributed by atoms with Crippen molar-refractivity contribution < 1.29 is 4.74 Å². The third-order valence-electron chi connectivity index (χ3n) is 4.94. The molecule has 5 rings (SSSR count). The van der Waals surface area contributed by atoms with Crippen LogP contribution in [0.1, 0.15) is 12.6 Å². The third-order valence-corrected chi connectivity index (χ3v) is 5.43. The van der Waals surface area contributed by atoms with Gasteiger partial charge in [-0.3, -0.25) is 14.5 Å². The molecule has 4 heterocycles. The fraction of sp³-hybridized carbons (Fsp3) is 0.211. The number of rotatable bonds is 2. The van der Waals surface area contributed by atoms with Gasteiger partial charge in [0.2, 0.25) is 0 Å². The zero-order valence-corrected chi connectivity index (χ0v) is 15.6. The number of ether oxygens (including phenoxy) is 1. The molecule has 1 aliphatic heterocycles. The van der Waals surface area contributed by atoms with E-state index in [0.29, 0.717) is 18.7 Å². The monoisotopic (exact) mass is 410 g/mol. The lowest BCUT2D eigenvalue weighted by atomic mass is 9.84. The molecule has 4 aromatic rings. The van der Waals surface area contributed by atoms with Crippen molar-refractivity contribution in [3.05, 3.63) is 63.4 Å². The largest absolute Gasteiger partial charge is 0.379 e. The molecule has 0 atom stereocenters. The van der Waals surface area contributed by atoms with Gasteiger partial charge in [-0.15, -0.1) is 0 Å². The lowest BCUT2D eigenvalue weighted by molar-refractivity contribution is -0.0520. The molecular weight excluding hydrogens is 396 g/mol. The Kier molecular flexibility index (Phi) is 3.32. The molecule has 1 aromatic carbocycles. The Balaban J connectivity index is 1.74. The zero-order chi connectivity index (χ0) is 17.9. The SMILES string of the molecule is CC1(c2ccc(-n3c(=O)[nH]c4cnc5ccc(Br)cc5c43)cn2)COC1. The van der Waals surface area contributed by atoms with Gasteiger partial charge in [-0.2, -0.15) is 0 Å². The van der Waals surface area contributed by atoms with E-state index in [9.17, 15) is 4.79 Å². The van der Waals surface area contributed by atoms with Crippen molar-refractivity contribution in [3.63, 3.8) is 0 Å². The predicted molar refractivity (Wildman–Crippen MR) is 103 cm³/mol. The van der Waals surface area contributed by atoms with E-state index in [0.717, 1.165) is 32.3 Å². The van der Waals surface area contributed by atoms with Gasteiger partial charge in [0, 0.05) is 9.86 Å². The van der Waals surface area contributed by atoms with Crippen LogP contribution < -0.4 is 5.69 Å². The molecule has 3 aromatic heterocycles. The Labute approximate surface area is 157 Å². The van der Waals surface area contributed by atoms with Crippen LogP contribution in [0.25, 0.3) is 27.6 Å². The van der Waals surface area contributed by atoms with Crippen molar-refractivity contribution in [1.82, 2.24) is 19.5 Å². The molecule has 1 fully saturated rings. The van der Waals surface area contributed by atoms with Crippen molar-refractivity contribution in [2.45, 2.75) is 12.3 Å². The Hall–Kier alpha value is -2.51. The Morgan fingerprint density at radius 2 is 2.04 bits per heavy atom. The molecule has 0 saturated carbocycles. The zero-order valence-electron chi connectivity index (χ0n) is 14.0. The second-order valence-corrected chi connectivity index (χ2v) is 7.82. The van der Waals surface area contributed by atoms with E-state index in [1.54, 1.807) is 17.0 Å². The van der Waals surface area contributed by atoms with Gasteiger partial charge >= 0.3 is 5.69 Å². The third kappa shape index (κ3) is 2.24. The number of H-pyrrole nitrogens is 1. The molecule has 1 saturated heterocycles.